The van der Waals surface area contributed by atoms with Crippen LogP contribution in [0.1, 0.15) is 5.56 Å². The van der Waals surface area contributed by atoms with E-state index in [9.17, 15) is 0 Å². The summed E-state index contributed by atoms with van der Waals surface area (Å²) in [6.45, 7) is 4.42. The number of nitrogens with zero attached hydrogens (tertiary/aromatic N) is 2. The van der Waals surface area contributed by atoms with Crippen LogP contribution in [0.25, 0.3) is 0 Å². The molecule has 1 aliphatic rings. The predicted octanol–water partition coefficient (Wildman–Crippen LogP) is 4.53. The van der Waals surface area contributed by atoms with Gasteiger partial charge in [-0.2, -0.15) is 0 Å². The average molecular weight is 440 g/mol. The number of halogens is 2. The smallest absolute Gasteiger partial charge is 0.173 e. The van der Waals surface area contributed by atoms with Crippen LogP contribution < -0.4 is 14.8 Å². The fraction of sp³-hybridized carbons (Fsp3) is 0.350. The Labute approximate surface area is 181 Å². The van der Waals surface area contributed by atoms with Crippen molar-refractivity contribution in [2.75, 3.05) is 45.7 Å². The zero-order valence-corrected chi connectivity index (χ0v) is 18.2. The molecule has 1 aliphatic heterocycles. The van der Waals surface area contributed by atoms with Gasteiger partial charge in [0.05, 0.1) is 24.3 Å². The molecule has 1 saturated heterocycles. The van der Waals surface area contributed by atoms with Crippen LogP contribution >= 0.6 is 35.4 Å². The standard InChI is InChI=1S/C20H23Cl2N3O2S/c1-26-18-6-4-15(12-19(18)27-2)23-20(28)25-9-7-24(8-10-25)13-14-3-5-16(21)17(22)11-14/h3-6,11-12H,7-10,13H2,1-2H3,(H,23,28). The van der Waals surface area contributed by atoms with Crippen LogP contribution in [-0.2, 0) is 6.54 Å². The summed E-state index contributed by atoms with van der Waals surface area (Å²) < 4.78 is 10.6. The van der Waals surface area contributed by atoms with Gasteiger partial charge >= 0.3 is 0 Å². The fourth-order valence-corrected chi connectivity index (χ4v) is 3.74. The Kier molecular flexibility index (Phi) is 7.24. The lowest BCUT2D eigenvalue weighted by atomic mass is 10.2. The third-order valence-corrected chi connectivity index (χ3v) is 5.78. The molecule has 0 saturated carbocycles. The van der Waals surface area contributed by atoms with Crippen LogP contribution in [0.15, 0.2) is 36.4 Å². The molecule has 0 spiro atoms. The summed E-state index contributed by atoms with van der Waals surface area (Å²) in [6, 6.07) is 11.5. The number of rotatable bonds is 5. The van der Waals surface area contributed by atoms with Crippen molar-refractivity contribution in [2.45, 2.75) is 6.54 Å². The second-order valence-electron chi connectivity index (χ2n) is 6.51. The van der Waals surface area contributed by atoms with Crippen molar-refractivity contribution in [3.05, 3.63) is 52.0 Å². The van der Waals surface area contributed by atoms with Gasteiger partial charge in [-0.25, -0.2) is 0 Å². The lowest BCUT2D eigenvalue weighted by Gasteiger charge is -2.36. The molecule has 0 bridgehead atoms. The molecule has 2 aromatic carbocycles. The third kappa shape index (κ3) is 5.20. The summed E-state index contributed by atoms with van der Waals surface area (Å²) in [5.74, 6) is 1.36. The van der Waals surface area contributed by atoms with Crippen molar-refractivity contribution in [1.29, 1.82) is 0 Å². The zero-order valence-electron chi connectivity index (χ0n) is 15.9. The van der Waals surface area contributed by atoms with Gasteiger partial charge in [-0.05, 0) is 42.0 Å². The molecule has 0 unspecified atom stereocenters. The van der Waals surface area contributed by atoms with Crippen molar-refractivity contribution in [1.82, 2.24) is 9.80 Å². The zero-order chi connectivity index (χ0) is 20.1. The van der Waals surface area contributed by atoms with Gasteiger partial charge in [-0.1, -0.05) is 29.3 Å². The molecule has 0 atom stereocenters. The van der Waals surface area contributed by atoms with Crippen molar-refractivity contribution in [3.63, 3.8) is 0 Å². The summed E-state index contributed by atoms with van der Waals surface area (Å²) in [7, 11) is 3.24. The Bertz CT molecular complexity index is 842. The molecule has 0 aromatic heterocycles. The summed E-state index contributed by atoms with van der Waals surface area (Å²) in [6.07, 6.45) is 0. The molecule has 2 aromatic rings. The number of benzene rings is 2. The number of piperazine rings is 1. The topological polar surface area (TPSA) is 37.0 Å². The number of methoxy groups -OCH3 is 2. The molecule has 5 nitrogen and oxygen atoms in total. The van der Waals surface area contributed by atoms with Crippen molar-refractivity contribution in [2.24, 2.45) is 0 Å². The van der Waals surface area contributed by atoms with Crippen LogP contribution in [0.3, 0.4) is 0 Å². The minimum atomic E-state index is 0.585. The Morgan fingerprint density at radius 3 is 2.32 bits per heavy atom. The van der Waals surface area contributed by atoms with E-state index in [1.807, 2.05) is 36.4 Å². The lowest BCUT2D eigenvalue weighted by Crippen LogP contribution is -2.49. The number of ether oxygens (including phenoxy) is 2. The number of thiocarbonyl (C=S) groups is 1. The first-order chi connectivity index (χ1) is 13.5. The first kappa shape index (κ1) is 21.0. The van der Waals surface area contributed by atoms with Gasteiger partial charge < -0.3 is 19.7 Å². The van der Waals surface area contributed by atoms with Crippen LogP contribution in [0.4, 0.5) is 5.69 Å². The number of hydrogen-bond donors (Lipinski definition) is 1. The van der Waals surface area contributed by atoms with Gasteiger partial charge in [0.15, 0.2) is 16.6 Å². The molecule has 1 heterocycles. The highest BCUT2D eigenvalue weighted by Crippen LogP contribution is 2.30. The molecule has 3 rings (SSSR count). The largest absolute Gasteiger partial charge is 0.493 e. The van der Waals surface area contributed by atoms with E-state index >= 15 is 0 Å². The summed E-state index contributed by atoms with van der Waals surface area (Å²) >= 11 is 17.7. The molecular weight excluding hydrogens is 417 g/mol. The first-order valence-electron chi connectivity index (χ1n) is 8.94. The monoisotopic (exact) mass is 439 g/mol. The molecule has 0 radical (unpaired) electrons. The van der Waals surface area contributed by atoms with Crippen molar-refractivity contribution in [3.8, 4) is 11.5 Å². The average Bonchev–Trinajstić information content (AvgIpc) is 2.71. The quantitative estimate of drug-likeness (QED) is 0.689. The number of hydrogen-bond acceptors (Lipinski definition) is 4. The van der Waals surface area contributed by atoms with Crippen LogP contribution in [0, 0.1) is 0 Å². The summed E-state index contributed by atoms with van der Waals surface area (Å²) in [4.78, 5) is 4.56. The van der Waals surface area contributed by atoms with E-state index in [2.05, 4.69) is 15.1 Å². The maximum atomic E-state index is 6.11. The molecule has 150 valence electrons. The summed E-state index contributed by atoms with van der Waals surface area (Å²) in [5.41, 5.74) is 2.04. The minimum absolute atomic E-state index is 0.585. The molecular formula is C20H23Cl2N3O2S. The molecule has 1 fully saturated rings. The SMILES string of the molecule is COc1ccc(NC(=S)N2CCN(Cc3ccc(Cl)c(Cl)c3)CC2)cc1OC. The van der Waals surface area contributed by atoms with Gasteiger partial charge in [0.25, 0.3) is 0 Å². The van der Waals surface area contributed by atoms with E-state index in [4.69, 9.17) is 44.9 Å². The highest BCUT2D eigenvalue weighted by molar-refractivity contribution is 7.80. The number of nitrogens with one attached hydrogen (secondary N) is 1. The van der Waals surface area contributed by atoms with E-state index < -0.39 is 0 Å². The fourth-order valence-electron chi connectivity index (χ4n) is 3.12. The molecule has 0 amide bonds. The Hall–Kier alpha value is -1.73. The summed E-state index contributed by atoms with van der Waals surface area (Å²) in [5, 5.41) is 5.18. The predicted molar refractivity (Wildman–Crippen MR) is 119 cm³/mol. The Morgan fingerprint density at radius 1 is 0.964 bits per heavy atom. The second kappa shape index (κ2) is 9.65. The second-order valence-corrected chi connectivity index (χ2v) is 7.71. The third-order valence-electron chi connectivity index (χ3n) is 4.68. The van der Waals surface area contributed by atoms with Crippen LogP contribution in [-0.4, -0.2) is 55.3 Å². The van der Waals surface area contributed by atoms with Gasteiger partial charge in [0, 0.05) is 44.5 Å². The van der Waals surface area contributed by atoms with Crippen LogP contribution in [0.5, 0.6) is 11.5 Å². The molecule has 8 heteroatoms. The van der Waals surface area contributed by atoms with Gasteiger partial charge in [0.2, 0.25) is 0 Å². The molecule has 28 heavy (non-hydrogen) atoms. The highest BCUT2D eigenvalue weighted by Gasteiger charge is 2.19. The maximum Gasteiger partial charge on any atom is 0.173 e. The van der Waals surface area contributed by atoms with E-state index in [-0.39, 0.29) is 0 Å². The van der Waals surface area contributed by atoms with Gasteiger partial charge in [0.1, 0.15) is 0 Å². The van der Waals surface area contributed by atoms with Crippen molar-refractivity contribution < 1.29 is 9.47 Å². The normalized spacial score (nSPS) is 14.6. The molecule has 0 aliphatic carbocycles. The van der Waals surface area contributed by atoms with Gasteiger partial charge in [-0.3, -0.25) is 4.90 Å². The Morgan fingerprint density at radius 2 is 1.68 bits per heavy atom. The van der Waals surface area contributed by atoms with E-state index in [0.717, 1.165) is 44.0 Å². The molecule has 1 N–H and O–H groups in total. The minimum Gasteiger partial charge on any atom is -0.493 e. The van der Waals surface area contributed by atoms with E-state index in [1.165, 1.54) is 0 Å². The number of anilines is 1. The Balaban J connectivity index is 1.53. The van der Waals surface area contributed by atoms with Crippen LogP contribution in [0.2, 0.25) is 10.0 Å². The van der Waals surface area contributed by atoms with E-state index in [1.54, 1.807) is 14.2 Å². The van der Waals surface area contributed by atoms with Crippen molar-refractivity contribution >= 4 is 46.2 Å². The van der Waals surface area contributed by atoms with E-state index in [0.29, 0.717) is 26.7 Å². The highest BCUT2D eigenvalue weighted by atomic mass is 35.5. The van der Waals surface area contributed by atoms with Gasteiger partial charge in [-0.15, -0.1) is 0 Å². The first-order valence-corrected chi connectivity index (χ1v) is 10.1. The lowest BCUT2D eigenvalue weighted by molar-refractivity contribution is 0.177. The maximum absolute atomic E-state index is 6.11.